The quantitative estimate of drug-likeness (QED) is 0.683. The van der Waals surface area contributed by atoms with E-state index in [0.29, 0.717) is 32.8 Å². The maximum atomic E-state index is 12.2. The van der Waals surface area contributed by atoms with E-state index in [2.05, 4.69) is 20.8 Å². The van der Waals surface area contributed by atoms with Crippen molar-refractivity contribution in [3.05, 3.63) is 75.9 Å². The Morgan fingerprint density at radius 1 is 1.00 bits per heavy atom. The second-order valence-corrected chi connectivity index (χ2v) is 5.96. The van der Waals surface area contributed by atoms with Gasteiger partial charge in [-0.15, -0.1) is 10.2 Å². The number of hydrogen-bond acceptors (Lipinski definition) is 5. The van der Waals surface area contributed by atoms with Crippen molar-refractivity contribution in [2.75, 3.05) is 10.6 Å². The molecule has 8 heteroatoms. The number of rotatable bonds is 4. The third kappa shape index (κ3) is 4.09. The van der Waals surface area contributed by atoms with Gasteiger partial charge in [0.2, 0.25) is 0 Å². The first-order valence-electron chi connectivity index (χ1n) is 7.43. The van der Waals surface area contributed by atoms with Gasteiger partial charge in [-0.2, -0.15) is 5.26 Å². The van der Waals surface area contributed by atoms with E-state index in [9.17, 15) is 4.79 Å². The monoisotopic (exact) mass is 383 g/mol. The second-order valence-electron chi connectivity index (χ2n) is 5.17. The summed E-state index contributed by atoms with van der Waals surface area (Å²) in [5, 5.41) is 23.1. The summed E-state index contributed by atoms with van der Waals surface area (Å²) in [4.78, 5) is 12.2. The molecule has 128 valence electrons. The summed E-state index contributed by atoms with van der Waals surface area (Å²) < 4.78 is 0. The van der Waals surface area contributed by atoms with Gasteiger partial charge < -0.3 is 10.6 Å². The van der Waals surface area contributed by atoms with Gasteiger partial charge in [0, 0.05) is 5.69 Å². The van der Waals surface area contributed by atoms with E-state index in [1.165, 1.54) is 6.07 Å². The number of halogens is 2. The van der Waals surface area contributed by atoms with Gasteiger partial charge in [-0.1, -0.05) is 29.3 Å². The molecule has 3 aromatic rings. The lowest BCUT2D eigenvalue weighted by Crippen LogP contribution is -2.14. The minimum Gasteiger partial charge on any atom is -0.337 e. The van der Waals surface area contributed by atoms with Crippen molar-refractivity contribution in [2.45, 2.75) is 0 Å². The van der Waals surface area contributed by atoms with Crippen molar-refractivity contribution in [2.24, 2.45) is 0 Å². The van der Waals surface area contributed by atoms with Crippen LogP contribution < -0.4 is 10.6 Å². The van der Waals surface area contributed by atoms with Crippen LogP contribution in [-0.4, -0.2) is 16.1 Å². The topological polar surface area (TPSA) is 90.7 Å². The highest BCUT2D eigenvalue weighted by atomic mass is 35.5. The third-order valence-corrected chi connectivity index (χ3v) is 4.20. The lowest BCUT2D eigenvalue weighted by atomic mass is 10.2. The Balaban J connectivity index is 1.69. The third-order valence-electron chi connectivity index (χ3n) is 3.38. The van der Waals surface area contributed by atoms with Gasteiger partial charge in [0.1, 0.15) is 0 Å². The van der Waals surface area contributed by atoms with Crippen molar-refractivity contribution in [3.63, 3.8) is 0 Å². The summed E-state index contributed by atoms with van der Waals surface area (Å²) in [6, 6.07) is 16.8. The Bertz CT molecular complexity index is 982. The SMILES string of the molecule is N#Cc1ccc(NC(=O)c2ccc(Nc3cccc(Cl)c3Cl)nn2)cc1. The van der Waals surface area contributed by atoms with Crippen molar-refractivity contribution in [1.29, 1.82) is 5.26 Å². The standard InChI is InChI=1S/C18H11Cl2N5O/c19-13-2-1-3-14(17(13)20)23-16-9-8-15(24-25-16)18(26)22-12-6-4-11(10-21)5-7-12/h1-9H,(H,22,26)(H,23,25). The first kappa shape index (κ1) is 17.7. The first-order valence-corrected chi connectivity index (χ1v) is 8.18. The smallest absolute Gasteiger partial charge is 0.276 e. The summed E-state index contributed by atoms with van der Waals surface area (Å²) in [7, 11) is 0. The van der Waals surface area contributed by atoms with Crippen LogP contribution in [0.3, 0.4) is 0 Å². The number of anilines is 3. The molecule has 0 aliphatic rings. The van der Waals surface area contributed by atoms with Crippen LogP contribution in [0.5, 0.6) is 0 Å². The van der Waals surface area contributed by atoms with Crippen LogP contribution in [0.4, 0.5) is 17.2 Å². The van der Waals surface area contributed by atoms with Gasteiger partial charge in [0.05, 0.1) is 27.4 Å². The Hall–Kier alpha value is -3.14. The fraction of sp³-hybridized carbons (Fsp3) is 0. The number of hydrogen-bond donors (Lipinski definition) is 2. The molecular formula is C18H11Cl2N5O. The molecule has 0 aliphatic heterocycles. The van der Waals surface area contributed by atoms with E-state index in [0.717, 1.165) is 0 Å². The molecule has 0 radical (unpaired) electrons. The van der Waals surface area contributed by atoms with E-state index in [4.69, 9.17) is 28.5 Å². The van der Waals surface area contributed by atoms with Crippen LogP contribution in [0.15, 0.2) is 54.6 Å². The number of nitrogens with one attached hydrogen (secondary N) is 2. The predicted octanol–water partition coefficient (Wildman–Crippen LogP) is 4.65. The van der Waals surface area contributed by atoms with Crippen LogP contribution in [0.2, 0.25) is 10.0 Å². The lowest BCUT2D eigenvalue weighted by Gasteiger charge is -2.08. The Labute approximate surface area is 159 Å². The Morgan fingerprint density at radius 3 is 2.42 bits per heavy atom. The zero-order valence-corrected chi connectivity index (χ0v) is 14.7. The molecule has 1 aromatic heterocycles. The van der Waals surface area contributed by atoms with Crippen LogP contribution in [-0.2, 0) is 0 Å². The largest absolute Gasteiger partial charge is 0.337 e. The van der Waals surface area contributed by atoms with Crippen LogP contribution in [0, 0.1) is 11.3 Å². The molecule has 2 aromatic carbocycles. The summed E-state index contributed by atoms with van der Waals surface area (Å²) in [5.41, 5.74) is 1.81. The van der Waals surface area contributed by atoms with Gasteiger partial charge in [-0.25, -0.2) is 0 Å². The highest BCUT2D eigenvalue weighted by Gasteiger charge is 2.10. The van der Waals surface area contributed by atoms with E-state index >= 15 is 0 Å². The van der Waals surface area contributed by atoms with E-state index < -0.39 is 5.91 Å². The Kier molecular flexibility index (Phi) is 5.32. The number of nitriles is 1. The molecule has 1 amide bonds. The van der Waals surface area contributed by atoms with E-state index in [1.54, 1.807) is 48.5 Å². The van der Waals surface area contributed by atoms with Crippen molar-refractivity contribution in [1.82, 2.24) is 10.2 Å². The van der Waals surface area contributed by atoms with Gasteiger partial charge in [0.15, 0.2) is 11.5 Å². The highest BCUT2D eigenvalue weighted by Crippen LogP contribution is 2.31. The van der Waals surface area contributed by atoms with Gasteiger partial charge in [0.25, 0.3) is 5.91 Å². The normalized spacial score (nSPS) is 10.0. The average molecular weight is 384 g/mol. The van der Waals surface area contributed by atoms with Crippen molar-refractivity contribution >= 4 is 46.3 Å². The van der Waals surface area contributed by atoms with E-state index in [-0.39, 0.29) is 5.69 Å². The number of carbonyl (C=O) groups is 1. The summed E-state index contributed by atoms with van der Waals surface area (Å²) in [6.07, 6.45) is 0. The predicted molar refractivity (Wildman–Crippen MR) is 101 cm³/mol. The maximum Gasteiger partial charge on any atom is 0.276 e. The summed E-state index contributed by atoms with van der Waals surface area (Å²) >= 11 is 12.1. The molecule has 2 N–H and O–H groups in total. The van der Waals surface area contributed by atoms with Gasteiger partial charge >= 0.3 is 0 Å². The molecule has 0 fully saturated rings. The average Bonchev–Trinajstić information content (AvgIpc) is 2.66. The lowest BCUT2D eigenvalue weighted by molar-refractivity contribution is 0.102. The highest BCUT2D eigenvalue weighted by molar-refractivity contribution is 6.43. The minimum atomic E-state index is -0.408. The summed E-state index contributed by atoms with van der Waals surface area (Å²) in [6.45, 7) is 0. The number of benzene rings is 2. The molecule has 0 atom stereocenters. The number of amides is 1. The fourth-order valence-corrected chi connectivity index (χ4v) is 2.43. The zero-order valence-electron chi connectivity index (χ0n) is 13.2. The molecule has 0 aliphatic carbocycles. The molecule has 0 saturated carbocycles. The zero-order chi connectivity index (χ0) is 18.5. The second kappa shape index (κ2) is 7.83. The Morgan fingerprint density at radius 2 is 1.77 bits per heavy atom. The molecule has 26 heavy (non-hydrogen) atoms. The van der Waals surface area contributed by atoms with Crippen LogP contribution in [0.1, 0.15) is 16.1 Å². The molecule has 0 saturated heterocycles. The molecule has 0 bridgehead atoms. The first-order chi connectivity index (χ1) is 12.6. The maximum absolute atomic E-state index is 12.2. The van der Waals surface area contributed by atoms with E-state index in [1.807, 2.05) is 6.07 Å². The summed E-state index contributed by atoms with van der Waals surface area (Å²) in [5.74, 6) is 0.0126. The van der Waals surface area contributed by atoms with Crippen LogP contribution >= 0.6 is 23.2 Å². The molecule has 6 nitrogen and oxygen atoms in total. The van der Waals surface area contributed by atoms with Crippen molar-refractivity contribution < 1.29 is 4.79 Å². The van der Waals surface area contributed by atoms with Gasteiger partial charge in [-0.3, -0.25) is 4.79 Å². The van der Waals surface area contributed by atoms with Crippen LogP contribution in [0.25, 0.3) is 0 Å². The number of nitrogens with zero attached hydrogens (tertiary/aromatic N) is 3. The molecule has 0 spiro atoms. The molecular weight excluding hydrogens is 373 g/mol. The number of aromatic nitrogens is 2. The molecule has 0 unspecified atom stereocenters. The minimum absolute atomic E-state index is 0.150. The molecule has 3 rings (SSSR count). The molecule has 1 heterocycles. The van der Waals surface area contributed by atoms with Crippen molar-refractivity contribution in [3.8, 4) is 6.07 Å². The fourth-order valence-electron chi connectivity index (χ4n) is 2.08. The van der Waals surface area contributed by atoms with Gasteiger partial charge in [-0.05, 0) is 48.5 Å². The number of carbonyl (C=O) groups excluding carboxylic acids is 1.